The van der Waals surface area contributed by atoms with Gasteiger partial charge in [0.15, 0.2) is 0 Å². The fourth-order valence-electron chi connectivity index (χ4n) is 1.69. The first-order chi connectivity index (χ1) is 10.5. The molecular weight excluding hydrogens is 320 g/mol. The molecule has 2 heterocycles. The van der Waals surface area contributed by atoms with Crippen molar-refractivity contribution in [2.24, 2.45) is 5.92 Å². The van der Waals surface area contributed by atoms with Crippen molar-refractivity contribution in [1.29, 1.82) is 0 Å². The predicted octanol–water partition coefficient (Wildman–Crippen LogP) is 2.56. The second kappa shape index (κ2) is 7.46. The Hall–Kier alpha value is -1.80. The number of rotatable bonds is 6. The molecule has 2 N–H and O–H groups in total. The van der Waals surface area contributed by atoms with Crippen LogP contribution >= 0.6 is 22.7 Å². The Bertz CT molecular complexity index is 637. The van der Waals surface area contributed by atoms with E-state index >= 15 is 0 Å². The number of amides is 2. The molecular formula is C14H18N4O2S2. The maximum absolute atomic E-state index is 12.1. The molecule has 0 fully saturated rings. The molecule has 0 aliphatic carbocycles. The minimum absolute atomic E-state index is 0.254. The summed E-state index contributed by atoms with van der Waals surface area (Å²) in [4.78, 5) is 24.5. The molecule has 2 amide bonds. The van der Waals surface area contributed by atoms with Crippen LogP contribution in [0.25, 0.3) is 0 Å². The zero-order valence-corrected chi connectivity index (χ0v) is 14.3. The van der Waals surface area contributed by atoms with Gasteiger partial charge in [-0.3, -0.25) is 14.9 Å². The predicted molar refractivity (Wildman–Crippen MR) is 88.3 cm³/mol. The molecule has 8 heteroatoms. The van der Waals surface area contributed by atoms with Gasteiger partial charge in [0.25, 0.3) is 5.91 Å². The van der Waals surface area contributed by atoms with E-state index in [0.717, 1.165) is 11.4 Å². The van der Waals surface area contributed by atoms with E-state index in [9.17, 15) is 9.59 Å². The van der Waals surface area contributed by atoms with E-state index in [1.165, 1.54) is 22.7 Å². The summed E-state index contributed by atoms with van der Waals surface area (Å²) in [7, 11) is 0. The molecule has 22 heavy (non-hydrogen) atoms. The van der Waals surface area contributed by atoms with Gasteiger partial charge >= 0.3 is 0 Å². The molecule has 0 spiro atoms. The highest BCUT2D eigenvalue weighted by Crippen LogP contribution is 2.18. The molecule has 0 aliphatic rings. The normalized spacial score (nSPS) is 12.2. The third-order valence-corrected chi connectivity index (χ3v) is 4.50. The zero-order chi connectivity index (χ0) is 16.1. The Labute approximate surface area is 137 Å². The number of nitrogens with one attached hydrogen (secondary N) is 2. The summed E-state index contributed by atoms with van der Waals surface area (Å²) in [6, 6.07) is 2.86. The molecule has 0 aliphatic heterocycles. The molecule has 0 aromatic carbocycles. The lowest BCUT2D eigenvalue weighted by atomic mass is 10.1. The SMILES string of the molecule is CC(C)Cc1nnc(NC(=O)[C@H](C)NC(=O)c2cccs2)s1. The van der Waals surface area contributed by atoms with E-state index < -0.39 is 6.04 Å². The van der Waals surface area contributed by atoms with Crippen LogP contribution < -0.4 is 10.6 Å². The van der Waals surface area contributed by atoms with Crippen LogP contribution in [0.3, 0.4) is 0 Å². The summed E-state index contributed by atoms with van der Waals surface area (Å²) in [5, 5.41) is 16.5. The van der Waals surface area contributed by atoms with E-state index in [1.807, 2.05) is 5.38 Å². The molecule has 2 aromatic rings. The number of hydrogen-bond acceptors (Lipinski definition) is 6. The first kappa shape index (κ1) is 16.6. The van der Waals surface area contributed by atoms with Crippen molar-refractivity contribution < 1.29 is 9.59 Å². The topological polar surface area (TPSA) is 84.0 Å². The largest absolute Gasteiger partial charge is 0.340 e. The van der Waals surface area contributed by atoms with Gasteiger partial charge < -0.3 is 5.32 Å². The van der Waals surface area contributed by atoms with Crippen molar-refractivity contribution in [2.75, 3.05) is 5.32 Å². The zero-order valence-electron chi connectivity index (χ0n) is 12.6. The van der Waals surface area contributed by atoms with Gasteiger partial charge in [0.1, 0.15) is 11.0 Å². The minimum Gasteiger partial charge on any atom is -0.340 e. The van der Waals surface area contributed by atoms with Crippen molar-refractivity contribution in [2.45, 2.75) is 33.2 Å². The molecule has 118 valence electrons. The number of anilines is 1. The highest BCUT2D eigenvalue weighted by molar-refractivity contribution is 7.15. The third kappa shape index (κ3) is 4.60. The Morgan fingerprint density at radius 1 is 1.27 bits per heavy atom. The molecule has 2 aromatic heterocycles. The maximum Gasteiger partial charge on any atom is 0.261 e. The van der Waals surface area contributed by atoms with E-state index in [1.54, 1.807) is 19.1 Å². The summed E-state index contributed by atoms with van der Waals surface area (Å²) in [5.41, 5.74) is 0. The quantitative estimate of drug-likeness (QED) is 0.848. The molecule has 0 bridgehead atoms. The van der Waals surface area contributed by atoms with Gasteiger partial charge in [-0.05, 0) is 24.3 Å². The smallest absolute Gasteiger partial charge is 0.261 e. The van der Waals surface area contributed by atoms with Crippen molar-refractivity contribution in [3.63, 3.8) is 0 Å². The van der Waals surface area contributed by atoms with Crippen LogP contribution in [-0.2, 0) is 11.2 Å². The van der Waals surface area contributed by atoms with Gasteiger partial charge in [-0.25, -0.2) is 0 Å². The number of carbonyl (C=O) groups is 2. The fourth-order valence-corrected chi connectivity index (χ4v) is 3.27. The summed E-state index contributed by atoms with van der Waals surface area (Å²) in [5.74, 6) is -0.0759. The van der Waals surface area contributed by atoms with E-state index in [0.29, 0.717) is 15.9 Å². The molecule has 0 radical (unpaired) electrons. The number of carbonyl (C=O) groups excluding carboxylic acids is 2. The van der Waals surface area contributed by atoms with Gasteiger partial charge in [0, 0.05) is 6.42 Å². The van der Waals surface area contributed by atoms with Crippen molar-refractivity contribution in [1.82, 2.24) is 15.5 Å². The van der Waals surface area contributed by atoms with Crippen LogP contribution in [0.2, 0.25) is 0 Å². The Morgan fingerprint density at radius 2 is 2.05 bits per heavy atom. The van der Waals surface area contributed by atoms with Gasteiger partial charge in [0.05, 0.1) is 4.88 Å². The molecule has 0 saturated carbocycles. The Balaban J connectivity index is 1.88. The highest BCUT2D eigenvalue weighted by Gasteiger charge is 2.18. The number of aromatic nitrogens is 2. The summed E-state index contributed by atoms with van der Waals surface area (Å²) in [6.07, 6.45) is 0.832. The Kier molecular flexibility index (Phi) is 5.62. The second-order valence-electron chi connectivity index (χ2n) is 5.26. The Morgan fingerprint density at radius 3 is 2.68 bits per heavy atom. The molecule has 2 rings (SSSR count). The summed E-state index contributed by atoms with van der Waals surface area (Å²) >= 11 is 2.69. The average Bonchev–Trinajstić information content (AvgIpc) is 3.09. The van der Waals surface area contributed by atoms with Crippen LogP contribution in [0, 0.1) is 5.92 Å². The van der Waals surface area contributed by atoms with Gasteiger partial charge in [0.2, 0.25) is 11.0 Å². The van der Waals surface area contributed by atoms with Crippen LogP contribution in [0.15, 0.2) is 17.5 Å². The first-order valence-corrected chi connectivity index (χ1v) is 8.63. The van der Waals surface area contributed by atoms with Crippen molar-refractivity contribution in [3.8, 4) is 0 Å². The lowest BCUT2D eigenvalue weighted by Crippen LogP contribution is -2.41. The van der Waals surface area contributed by atoms with Crippen molar-refractivity contribution >= 4 is 39.6 Å². The highest BCUT2D eigenvalue weighted by atomic mass is 32.1. The monoisotopic (exact) mass is 338 g/mol. The van der Waals surface area contributed by atoms with E-state index in [2.05, 4.69) is 34.7 Å². The van der Waals surface area contributed by atoms with Crippen molar-refractivity contribution in [3.05, 3.63) is 27.4 Å². The van der Waals surface area contributed by atoms with Crippen LogP contribution in [-0.4, -0.2) is 28.1 Å². The van der Waals surface area contributed by atoms with E-state index in [-0.39, 0.29) is 11.8 Å². The molecule has 6 nitrogen and oxygen atoms in total. The molecule has 0 unspecified atom stereocenters. The standard InChI is InChI=1S/C14H18N4O2S2/c1-8(2)7-11-17-18-14(22-11)16-12(19)9(3)15-13(20)10-5-4-6-21-10/h4-6,8-9H,7H2,1-3H3,(H,15,20)(H,16,18,19)/t9-/m0/s1. The summed E-state index contributed by atoms with van der Waals surface area (Å²) in [6.45, 7) is 5.83. The van der Waals surface area contributed by atoms with Gasteiger partial charge in [-0.15, -0.1) is 21.5 Å². The number of nitrogens with zero attached hydrogens (tertiary/aromatic N) is 2. The average molecular weight is 338 g/mol. The summed E-state index contributed by atoms with van der Waals surface area (Å²) < 4.78 is 0. The third-order valence-electron chi connectivity index (χ3n) is 2.77. The number of thiophene rings is 1. The lowest BCUT2D eigenvalue weighted by Gasteiger charge is -2.11. The van der Waals surface area contributed by atoms with Gasteiger partial charge in [-0.2, -0.15) is 0 Å². The lowest BCUT2D eigenvalue weighted by molar-refractivity contribution is -0.117. The maximum atomic E-state index is 12.1. The van der Waals surface area contributed by atoms with Crippen LogP contribution in [0.5, 0.6) is 0 Å². The molecule has 1 atom stereocenters. The minimum atomic E-state index is -0.646. The molecule has 0 saturated heterocycles. The first-order valence-electron chi connectivity index (χ1n) is 6.93. The van der Waals surface area contributed by atoms with Crippen LogP contribution in [0.4, 0.5) is 5.13 Å². The number of hydrogen-bond donors (Lipinski definition) is 2. The van der Waals surface area contributed by atoms with Crippen LogP contribution in [0.1, 0.15) is 35.5 Å². The van der Waals surface area contributed by atoms with Gasteiger partial charge in [-0.1, -0.05) is 31.3 Å². The van der Waals surface area contributed by atoms with E-state index in [4.69, 9.17) is 0 Å². The fraction of sp³-hybridized carbons (Fsp3) is 0.429. The second-order valence-corrected chi connectivity index (χ2v) is 7.27.